The summed E-state index contributed by atoms with van der Waals surface area (Å²) in [5.74, 6) is -0.839. The molecule has 0 unspecified atom stereocenters. The summed E-state index contributed by atoms with van der Waals surface area (Å²) in [5, 5.41) is 5.54. The van der Waals surface area contributed by atoms with Gasteiger partial charge in [0.05, 0.1) is 18.9 Å². The summed E-state index contributed by atoms with van der Waals surface area (Å²) in [7, 11) is 1.57. The Morgan fingerprint density at radius 1 is 0.879 bits per heavy atom. The maximum Gasteiger partial charge on any atom is 0.255 e. The first-order chi connectivity index (χ1) is 16.0. The molecule has 0 radical (unpaired) electrons. The Kier molecular flexibility index (Phi) is 6.53. The number of nitrogens with zero attached hydrogens (tertiary/aromatic N) is 1. The first-order valence-corrected chi connectivity index (χ1v) is 10.8. The Morgan fingerprint density at radius 2 is 1.42 bits per heavy atom. The summed E-state index contributed by atoms with van der Waals surface area (Å²) in [6.45, 7) is 0.0683. The van der Waals surface area contributed by atoms with Crippen LogP contribution in [0.3, 0.4) is 0 Å². The van der Waals surface area contributed by atoms with E-state index in [9.17, 15) is 19.2 Å². The zero-order valence-corrected chi connectivity index (χ0v) is 18.2. The molecule has 1 saturated heterocycles. The highest BCUT2D eigenvalue weighted by molar-refractivity contribution is 6.06. The molecule has 0 aromatic heterocycles. The van der Waals surface area contributed by atoms with Gasteiger partial charge in [0.25, 0.3) is 5.91 Å². The minimum atomic E-state index is -0.306. The van der Waals surface area contributed by atoms with Crippen LogP contribution in [0.1, 0.15) is 29.6 Å². The first kappa shape index (κ1) is 22.3. The lowest BCUT2D eigenvalue weighted by Crippen LogP contribution is -2.34. The van der Waals surface area contributed by atoms with Gasteiger partial charge >= 0.3 is 0 Å². The van der Waals surface area contributed by atoms with Gasteiger partial charge in [-0.15, -0.1) is 0 Å². The third kappa shape index (κ3) is 4.95. The second kappa shape index (κ2) is 9.68. The van der Waals surface area contributed by atoms with Crippen molar-refractivity contribution in [2.75, 3.05) is 24.3 Å². The number of imide groups is 1. The number of carbonyl (C=O) groups is 4. The molecule has 8 nitrogen and oxygen atoms in total. The maximum atomic E-state index is 12.5. The Bertz CT molecular complexity index is 1070. The number of ether oxygens (including phenoxy) is 1. The summed E-state index contributed by atoms with van der Waals surface area (Å²) in [6.07, 6.45) is 5.05. The van der Waals surface area contributed by atoms with Gasteiger partial charge in [0.1, 0.15) is 5.75 Å². The van der Waals surface area contributed by atoms with Crippen LogP contribution in [0.4, 0.5) is 11.4 Å². The minimum absolute atomic E-state index is 0.0179. The summed E-state index contributed by atoms with van der Waals surface area (Å²) < 4.78 is 5.10. The van der Waals surface area contributed by atoms with Crippen molar-refractivity contribution in [1.29, 1.82) is 0 Å². The zero-order chi connectivity index (χ0) is 23.4. The van der Waals surface area contributed by atoms with Gasteiger partial charge in [-0.1, -0.05) is 12.2 Å². The zero-order valence-electron chi connectivity index (χ0n) is 18.2. The summed E-state index contributed by atoms with van der Waals surface area (Å²) >= 11 is 0. The van der Waals surface area contributed by atoms with E-state index in [4.69, 9.17) is 4.74 Å². The number of allylic oxidation sites excluding steroid dienone is 2. The molecule has 2 aliphatic rings. The van der Waals surface area contributed by atoms with Crippen LogP contribution in [0, 0.1) is 11.8 Å². The van der Waals surface area contributed by atoms with E-state index in [0.717, 1.165) is 0 Å². The largest absolute Gasteiger partial charge is 0.497 e. The molecule has 1 aliphatic carbocycles. The Morgan fingerprint density at radius 3 is 2.00 bits per heavy atom. The number of amides is 4. The van der Waals surface area contributed by atoms with Crippen molar-refractivity contribution in [2.45, 2.75) is 19.3 Å². The fraction of sp³-hybridized carbons (Fsp3) is 0.280. The van der Waals surface area contributed by atoms with Crippen molar-refractivity contribution in [3.8, 4) is 5.75 Å². The van der Waals surface area contributed by atoms with E-state index >= 15 is 0 Å². The van der Waals surface area contributed by atoms with Crippen LogP contribution >= 0.6 is 0 Å². The molecule has 4 rings (SSSR count). The molecule has 1 aliphatic heterocycles. The van der Waals surface area contributed by atoms with Gasteiger partial charge < -0.3 is 15.4 Å². The van der Waals surface area contributed by atoms with Gasteiger partial charge in [0.15, 0.2) is 0 Å². The second-order valence-corrected chi connectivity index (χ2v) is 8.04. The van der Waals surface area contributed by atoms with E-state index < -0.39 is 0 Å². The van der Waals surface area contributed by atoms with Gasteiger partial charge in [0.2, 0.25) is 17.7 Å². The van der Waals surface area contributed by atoms with E-state index in [-0.39, 0.29) is 48.4 Å². The monoisotopic (exact) mass is 447 g/mol. The number of anilines is 2. The van der Waals surface area contributed by atoms with Crippen molar-refractivity contribution in [3.05, 3.63) is 66.2 Å². The van der Waals surface area contributed by atoms with Crippen LogP contribution in [0.2, 0.25) is 0 Å². The highest BCUT2D eigenvalue weighted by atomic mass is 16.5. The lowest BCUT2D eigenvalue weighted by atomic mass is 9.85. The van der Waals surface area contributed by atoms with Gasteiger partial charge in [0, 0.05) is 29.9 Å². The van der Waals surface area contributed by atoms with Crippen LogP contribution in [-0.4, -0.2) is 42.2 Å². The molecule has 0 saturated carbocycles. The summed E-state index contributed by atoms with van der Waals surface area (Å²) in [6, 6.07) is 13.5. The van der Waals surface area contributed by atoms with E-state index in [0.29, 0.717) is 35.5 Å². The minimum Gasteiger partial charge on any atom is -0.497 e. The molecule has 1 fully saturated rings. The van der Waals surface area contributed by atoms with Crippen LogP contribution in [0.5, 0.6) is 5.75 Å². The maximum absolute atomic E-state index is 12.5. The number of fused-ring (bicyclic) bond motifs is 1. The van der Waals surface area contributed by atoms with Crippen molar-refractivity contribution >= 4 is 35.0 Å². The van der Waals surface area contributed by atoms with Crippen molar-refractivity contribution in [2.24, 2.45) is 11.8 Å². The number of rotatable bonds is 7. The van der Waals surface area contributed by atoms with Crippen LogP contribution in [0.25, 0.3) is 0 Å². The molecule has 0 spiro atoms. The second-order valence-electron chi connectivity index (χ2n) is 8.04. The molecule has 170 valence electrons. The summed E-state index contributed by atoms with van der Waals surface area (Å²) in [5.41, 5.74) is 1.60. The Hall–Kier alpha value is -3.94. The SMILES string of the molecule is COc1ccc(NC(=O)c2ccc(NC(=O)CCN3C(=O)[C@H]4CC=CC[C@H]4C3=O)cc2)cc1. The lowest BCUT2D eigenvalue weighted by Gasteiger charge is -2.14. The third-order valence-electron chi connectivity index (χ3n) is 5.94. The summed E-state index contributed by atoms with van der Waals surface area (Å²) in [4.78, 5) is 50.9. The number of hydrogen-bond donors (Lipinski definition) is 2. The Balaban J connectivity index is 1.28. The topological polar surface area (TPSA) is 105 Å². The molecule has 33 heavy (non-hydrogen) atoms. The highest BCUT2D eigenvalue weighted by Crippen LogP contribution is 2.35. The first-order valence-electron chi connectivity index (χ1n) is 10.8. The standard InChI is InChI=1S/C25H25N3O5/c1-33-19-12-10-18(11-13-19)27-23(30)16-6-8-17(9-7-16)26-22(29)14-15-28-24(31)20-4-2-3-5-21(20)25(28)32/h2-3,6-13,20-21H,4-5,14-15H2,1H3,(H,26,29)(H,27,30)/t20-,21+. The number of likely N-dealkylation sites (tertiary alicyclic amines) is 1. The van der Waals surface area contributed by atoms with Crippen LogP contribution in [0.15, 0.2) is 60.7 Å². The molecular formula is C25H25N3O5. The van der Waals surface area contributed by atoms with Crippen LogP contribution < -0.4 is 15.4 Å². The number of benzene rings is 2. The van der Waals surface area contributed by atoms with Gasteiger partial charge in [-0.2, -0.15) is 0 Å². The van der Waals surface area contributed by atoms with Crippen molar-refractivity contribution < 1.29 is 23.9 Å². The normalized spacial score (nSPS) is 19.2. The average Bonchev–Trinajstić information content (AvgIpc) is 3.08. The number of carbonyl (C=O) groups excluding carboxylic acids is 4. The predicted molar refractivity (Wildman–Crippen MR) is 123 cm³/mol. The Labute approximate surface area is 191 Å². The number of nitrogens with one attached hydrogen (secondary N) is 2. The highest BCUT2D eigenvalue weighted by Gasteiger charge is 2.46. The molecule has 1 heterocycles. The molecule has 2 atom stereocenters. The lowest BCUT2D eigenvalue weighted by molar-refractivity contribution is -0.140. The fourth-order valence-electron chi connectivity index (χ4n) is 4.11. The van der Waals surface area contributed by atoms with Gasteiger partial charge in [-0.05, 0) is 61.4 Å². The molecule has 4 amide bonds. The molecule has 2 aromatic carbocycles. The molecule has 2 aromatic rings. The molecular weight excluding hydrogens is 422 g/mol. The fourth-order valence-corrected chi connectivity index (χ4v) is 4.11. The van der Waals surface area contributed by atoms with E-state index in [1.807, 2.05) is 12.2 Å². The van der Waals surface area contributed by atoms with Crippen LogP contribution in [-0.2, 0) is 14.4 Å². The van der Waals surface area contributed by atoms with Gasteiger partial charge in [-0.25, -0.2) is 0 Å². The van der Waals surface area contributed by atoms with Gasteiger partial charge in [-0.3, -0.25) is 24.1 Å². The molecule has 2 N–H and O–H groups in total. The number of hydrogen-bond acceptors (Lipinski definition) is 5. The predicted octanol–water partition coefficient (Wildman–Crippen LogP) is 3.23. The molecule has 8 heteroatoms. The smallest absolute Gasteiger partial charge is 0.255 e. The molecule has 0 bridgehead atoms. The third-order valence-corrected chi connectivity index (χ3v) is 5.94. The van der Waals surface area contributed by atoms with E-state index in [1.165, 1.54) is 4.90 Å². The average molecular weight is 447 g/mol. The van der Waals surface area contributed by atoms with Crippen molar-refractivity contribution in [3.63, 3.8) is 0 Å². The quantitative estimate of drug-likeness (QED) is 0.501. The number of methoxy groups -OCH3 is 1. The van der Waals surface area contributed by atoms with Crippen molar-refractivity contribution in [1.82, 2.24) is 4.90 Å². The van der Waals surface area contributed by atoms with E-state index in [2.05, 4.69) is 10.6 Å². The van der Waals surface area contributed by atoms with E-state index in [1.54, 1.807) is 55.6 Å².